The van der Waals surface area contributed by atoms with E-state index in [-0.39, 0.29) is 0 Å². The molecule has 0 radical (unpaired) electrons. The molecule has 2 rings (SSSR count). The van der Waals surface area contributed by atoms with Crippen LogP contribution in [0.25, 0.3) is 0 Å². The summed E-state index contributed by atoms with van der Waals surface area (Å²) in [6.45, 7) is 11.2. The fraction of sp³-hybridized carbons (Fsp3) is 0.824. The normalized spacial score (nSPS) is 17.6. The third-order valence-electron chi connectivity index (χ3n) is 4.23. The van der Waals surface area contributed by atoms with Crippen LogP contribution in [0.4, 0.5) is 5.13 Å². The number of thiazole rings is 1. The number of hydrogen-bond donors (Lipinski definition) is 1. The fourth-order valence-electron chi connectivity index (χ4n) is 3.07. The highest BCUT2D eigenvalue weighted by atomic mass is 32.1. The zero-order valence-corrected chi connectivity index (χ0v) is 14.9. The standard InChI is InChI=1S/C17H31N3S/c1-5-10-18-14(4)16-12-21-17(19-16)20(11-13(2)3)15-8-6-7-9-15/h12-15,18H,5-11H2,1-4H3. The monoisotopic (exact) mass is 309 g/mol. The quantitative estimate of drug-likeness (QED) is 0.760. The highest BCUT2D eigenvalue weighted by molar-refractivity contribution is 7.13. The van der Waals surface area contributed by atoms with Crippen LogP contribution in [0.1, 0.15) is 71.5 Å². The van der Waals surface area contributed by atoms with Crippen LogP contribution in [0.5, 0.6) is 0 Å². The van der Waals surface area contributed by atoms with Gasteiger partial charge in [0.25, 0.3) is 0 Å². The molecule has 0 spiro atoms. The first-order valence-electron chi connectivity index (χ1n) is 8.57. The molecule has 1 unspecified atom stereocenters. The largest absolute Gasteiger partial charge is 0.345 e. The molecule has 0 aromatic carbocycles. The molecule has 1 aromatic heterocycles. The molecule has 1 N–H and O–H groups in total. The highest BCUT2D eigenvalue weighted by Crippen LogP contribution is 2.32. The average Bonchev–Trinajstić information content (AvgIpc) is 3.12. The van der Waals surface area contributed by atoms with Gasteiger partial charge >= 0.3 is 0 Å². The number of aromatic nitrogens is 1. The summed E-state index contributed by atoms with van der Waals surface area (Å²) in [5.74, 6) is 0.689. The Morgan fingerprint density at radius 1 is 1.33 bits per heavy atom. The van der Waals surface area contributed by atoms with E-state index in [9.17, 15) is 0 Å². The van der Waals surface area contributed by atoms with Crippen molar-refractivity contribution in [3.63, 3.8) is 0 Å². The van der Waals surface area contributed by atoms with Crippen molar-refractivity contribution in [2.75, 3.05) is 18.0 Å². The molecule has 0 saturated heterocycles. The Bertz CT molecular complexity index is 410. The molecule has 21 heavy (non-hydrogen) atoms. The van der Waals surface area contributed by atoms with Gasteiger partial charge in [-0.2, -0.15) is 0 Å². The van der Waals surface area contributed by atoms with Gasteiger partial charge in [0, 0.05) is 24.0 Å². The molecule has 1 aromatic rings. The van der Waals surface area contributed by atoms with Crippen LogP contribution >= 0.6 is 11.3 Å². The van der Waals surface area contributed by atoms with Gasteiger partial charge in [-0.05, 0) is 38.6 Å². The van der Waals surface area contributed by atoms with Crippen molar-refractivity contribution in [3.8, 4) is 0 Å². The summed E-state index contributed by atoms with van der Waals surface area (Å²) in [5, 5.41) is 7.01. The maximum atomic E-state index is 4.94. The van der Waals surface area contributed by atoms with Crippen molar-refractivity contribution in [1.82, 2.24) is 10.3 Å². The van der Waals surface area contributed by atoms with Gasteiger partial charge in [0.15, 0.2) is 5.13 Å². The molecule has 1 aliphatic carbocycles. The Morgan fingerprint density at radius 3 is 2.67 bits per heavy atom. The Hall–Kier alpha value is -0.610. The maximum absolute atomic E-state index is 4.94. The Morgan fingerprint density at radius 2 is 2.05 bits per heavy atom. The molecule has 120 valence electrons. The Kier molecular flexibility index (Phi) is 6.49. The second kappa shape index (κ2) is 8.14. The van der Waals surface area contributed by atoms with E-state index in [2.05, 4.69) is 43.3 Å². The van der Waals surface area contributed by atoms with E-state index in [1.54, 1.807) is 0 Å². The van der Waals surface area contributed by atoms with Crippen molar-refractivity contribution in [2.45, 2.75) is 71.9 Å². The summed E-state index contributed by atoms with van der Waals surface area (Å²) in [4.78, 5) is 7.52. The number of nitrogens with one attached hydrogen (secondary N) is 1. The van der Waals surface area contributed by atoms with Crippen LogP contribution in [0.15, 0.2) is 5.38 Å². The van der Waals surface area contributed by atoms with Crippen molar-refractivity contribution < 1.29 is 0 Å². The third kappa shape index (κ3) is 4.68. The maximum Gasteiger partial charge on any atom is 0.185 e. The van der Waals surface area contributed by atoms with Crippen molar-refractivity contribution in [3.05, 3.63) is 11.1 Å². The lowest BCUT2D eigenvalue weighted by molar-refractivity contribution is 0.530. The second-order valence-corrected chi connectivity index (χ2v) is 7.55. The SMILES string of the molecule is CCCNC(C)c1csc(N(CC(C)C)C2CCCC2)n1. The van der Waals surface area contributed by atoms with Crippen LogP contribution in [0.3, 0.4) is 0 Å². The second-order valence-electron chi connectivity index (χ2n) is 6.72. The van der Waals surface area contributed by atoms with Crippen LogP contribution in [-0.2, 0) is 0 Å². The molecule has 1 saturated carbocycles. The summed E-state index contributed by atoms with van der Waals surface area (Å²) in [6, 6.07) is 1.07. The molecule has 1 heterocycles. The summed E-state index contributed by atoms with van der Waals surface area (Å²) >= 11 is 1.82. The lowest BCUT2D eigenvalue weighted by Gasteiger charge is -2.30. The van der Waals surface area contributed by atoms with E-state index in [4.69, 9.17) is 4.98 Å². The molecule has 0 aliphatic heterocycles. The smallest absolute Gasteiger partial charge is 0.185 e. The predicted octanol–water partition coefficient (Wildman–Crippen LogP) is 4.61. The number of rotatable bonds is 8. The first kappa shape index (κ1) is 16.8. The zero-order chi connectivity index (χ0) is 15.2. The van der Waals surface area contributed by atoms with Crippen LogP contribution < -0.4 is 10.2 Å². The summed E-state index contributed by atoms with van der Waals surface area (Å²) in [6.07, 6.45) is 6.61. The first-order chi connectivity index (χ1) is 10.1. The molecular formula is C17H31N3S. The summed E-state index contributed by atoms with van der Waals surface area (Å²) < 4.78 is 0. The van der Waals surface area contributed by atoms with Gasteiger partial charge in [0.05, 0.1) is 5.69 Å². The number of anilines is 1. The summed E-state index contributed by atoms with van der Waals surface area (Å²) in [5.41, 5.74) is 1.20. The molecule has 1 atom stereocenters. The molecule has 1 fully saturated rings. The van der Waals surface area contributed by atoms with E-state index in [0.717, 1.165) is 13.1 Å². The van der Waals surface area contributed by atoms with E-state index in [0.29, 0.717) is 18.0 Å². The van der Waals surface area contributed by atoms with E-state index in [1.165, 1.54) is 42.9 Å². The van der Waals surface area contributed by atoms with Crippen molar-refractivity contribution in [1.29, 1.82) is 0 Å². The van der Waals surface area contributed by atoms with Gasteiger partial charge in [0.1, 0.15) is 0 Å². The van der Waals surface area contributed by atoms with Gasteiger partial charge in [-0.25, -0.2) is 4.98 Å². The molecule has 0 amide bonds. The lowest BCUT2D eigenvalue weighted by atomic mass is 10.1. The Balaban J connectivity index is 2.07. The van der Waals surface area contributed by atoms with Crippen LogP contribution in [0.2, 0.25) is 0 Å². The minimum Gasteiger partial charge on any atom is -0.345 e. The van der Waals surface area contributed by atoms with Gasteiger partial charge in [0.2, 0.25) is 0 Å². The van der Waals surface area contributed by atoms with Gasteiger partial charge in [-0.3, -0.25) is 0 Å². The van der Waals surface area contributed by atoms with E-state index >= 15 is 0 Å². The van der Waals surface area contributed by atoms with Gasteiger partial charge in [-0.15, -0.1) is 11.3 Å². The molecule has 4 heteroatoms. The van der Waals surface area contributed by atoms with Crippen molar-refractivity contribution in [2.24, 2.45) is 5.92 Å². The molecule has 0 bridgehead atoms. The van der Waals surface area contributed by atoms with Gasteiger partial charge < -0.3 is 10.2 Å². The molecule has 1 aliphatic rings. The number of nitrogens with zero attached hydrogens (tertiary/aromatic N) is 2. The number of hydrogen-bond acceptors (Lipinski definition) is 4. The average molecular weight is 310 g/mol. The molecular weight excluding hydrogens is 278 g/mol. The van der Waals surface area contributed by atoms with Crippen LogP contribution in [-0.4, -0.2) is 24.1 Å². The van der Waals surface area contributed by atoms with Crippen LogP contribution in [0, 0.1) is 5.92 Å². The first-order valence-corrected chi connectivity index (χ1v) is 9.45. The molecule has 3 nitrogen and oxygen atoms in total. The lowest BCUT2D eigenvalue weighted by Crippen LogP contribution is -2.36. The zero-order valence-electron chi connectivity index (χ0n) is 14.1. The van der Waals surface area contributed by atoms with E-state index < -0.39 is 0 Å². The summed E-state index contributed by atoms with van der Waals surface area (Å²) in [7, 11) is 0. The van der Waals surface area contributed by atoms with Crippen molar-refractivity contribution >= 4 is 16.5 Å². The minimum atomic E-state index is 0.361. The highest BCUT2D eigenvalue weighted by Gasteiger charge is 2.25. The third-order valence-corrected chi connectivity index (χ3v) is 5.12. The van der Waals surface area contributed by atoms with E-state index in [1.807, 2.05) is 11.3 Å². The topological polar surface area (TPSA) is 28.2 Å². The van der Waals surface area contributed by atoms with Gasteiger partial charge in [-0.1, -0.05) is 33.6 Å². The Labute approximate surface area is 134 Å². The predicted molar refractivity (Wildman–Crippen MR) is 93.3 cm³/mol. The fourth-order valence-corrected chi connectivity index (χ4v) is 4.07. The minimum absolute atomic E-state index is 0.361.